The largest absolute Gasteiger partial charge is 0.487 e. The van der Waals surface area contributed by atoms with Crippen LogP contribution in [0.1, 0.15) is 30.6 Å². The van der Waals surface area contributed by atoms with Crippen LogP contribution < -0.4 is 4.74 Å². The van der Waals surface area contributed by atoms with Crippen LogP contribution in [0.15, 0.2) is 18.2 Å². The van der Waals surface area contributed by atoms with Crippen molar-refractivity contribution < 1.29 is 14.6 Å². The third-order valence-corrected chi connectivity index (χ3v) is 3.75. The van der Waals surface area contributed by atoms with Crippen molar-refractivity contribution in [3.05, 3.63) is 29.3 Å². The van der Waals surface area contributed by atoms with Gasteiger partial charge in [0.2, 0.25) is 0 Å². The van der Waals surface area contributed by atoms with Crippen molar-refractivity contribution in [2.24, 2.45) is 0 Å². The summed E-state index contributed by atoms with van der Waals surface area (Å²) in [6.07, 6.45) is 5.56. The average Bonchev–Trinajstić information content (AvgIpc) is 2.94. The van der Waals surface area contributed by atoms with Gasteiger partial charge < -0.3 is 14.6 Å². The van der Waals surface area contributed by atoms with Crippen molar-refractivity contribution in [3.8, 4) is 18.1 Å². The summed E-state index contributed by atoms with van der Waals surface area (Å²) in [5, 5.41) is 9.67. The Balaban J connectivity index is 1.91. The minimum Gasteiger partial charge on any atom is -0.487 e. The van der Waals surface area contributed by atoms with E-state index in [1.807, 2.05) is 12.1 Å². The van der Waals surface area contributed by atoms with E-state index in [0.29, 0.717) is 6.42 Å². The van der Waals surface area contributed by atoms with E-state index in [0.717, 1.165) is 17.7 Å². The molecule has 1 fully saturated rings. The summed E-state index contributed by atoms with van der Waals surface area (Å²) in [7, 11) is 0. The SMILES string of the molecule is C#C[C@H](O)[C@H]1C[C@@H]2Oc3cccc(CC)c3[C@@H]2O1. The van der Waals surface area contributed by atoms with Gasteiger partial charge in [-0.25, -0.2) is 0 Å². The van der Waals surface area contributed by atoms with Gasteiger partial charge in [-0.2, -0.15) is 0 Å². The van der Waals surface area contributed by atoms with E-state index in [-0.39, 0.29) is 18.3 Å². The number of ether oxygens (including phenoxy) is 2. The highest BCUT2D eigenvalue weighted by molar-refractivity contribution is 5.46. The smallest absolute Gasteiger partial charge is 0.140 e. The molecule has 3 nitrogen and oxygen atoms in total. The maximum Gasteiger partial charge on any atom is 0.140 e. The second-order valence-corrected chi connectivity index (χ2v) is 4.78. The molecule has 2 heterocycles. The molecule has 0 amide bonds. The summed E-state index contributed by atoms with van der Waals surface area (Å²) < 4.78 is 11.8. The fourth-order valence-electron chi connectivity index (χ4n) is 2.85. The molecule has 1 aromatic rings. The summed E-state index contributed by atoms with van der Waals surface area (Å²) in [5.74, 6) is 3.24. The first kappa shape index (κ1) is 11.6. The van der Waals surface area contributed by atoms with E-state index in [1.165, 1.54) is 5.56 Å². The summed E-state index contributed by atoms with van der Waals surface area (Å²) in [5.41, 5.74) is 2.38. The molecule has 1 aromatic carbocycles. The zero-order valence-corrected chi connectivity index (χ0v) is 10.3. The number of hydrogen-bond donors (Lipinski definition) is 1. The summed E-state index contributed by atoms with van der Waals surface area (Å²) in [6.45, 7) is 2.12. The Bertz CT molecular complexity index is 503. The maximum atomic E-state index is 9.67. The quantitative estimate of drug-likeness (QED) is 0.807. The Kier molecular flexibility index (Phi) is 2.77. The Labute approximate surface area is 107 Å². The Morgan fingerprint density at radius 1 is 1.56 bits per heavy atom. The van der Waals surface area contributed by atoms with Gasteiger partial charge in [0, 0.05) is 12.0 Å². The van der Waals surface area contributed by atoms with E-state index in [9.17, 15) is 5.11 Å². The lowest BCUT2D eigenvalue weighted by molar-refractivity contribution is -0.0170. The molecule has 0 aromatic heterocycles. The molecule has 1 N–H and O–H groups in total. The molecule has 3 heteroatoms. The molecule has 2 aliphatic rings. The van der Waals surface area contributed by atoms with Gasteiger partial charge in [0.1, 0.15) is 24.1 Å². The van der Waals surface area contributed by atoms with Crippen molar-refractivity contribution in [2.75, 3.05) is 0 Å². The number of terminal acetylenes is 1. The van der Waals surface area contributed by atoms with Crippen LogP contribution in [0, 0.1) is 12.3 Å². The second-order valence-electron chi connectivity index (χ2n) is 4.78. The number of benzene rings is 1. The van der Waals surface area contributed by atoms with Gasteiger partial charge in [0.05, 0.1) is 6.10 Å². The molecule has 94 valence electrons. The summed E-state index contributed by atoms with van der Waals surface area (Å²) in [6, 6.07) is 6.08. The summed E-state index contributed by atoms with van der Waals surface area (Å²) >= 11 is 0. The molecule has 18 heavy (non-hydrogen) atoms. The van der Waals surface area contributed by atoms with Crippen molar-refractivity contribution >= 4 is 0 Å². The van der Waals surface area contributed by atoms with Crippen LogP contribution >= 0.6 is 0 Å². The molecule has 0 saturated carbocycles. The lowest BCUT2D eigenvalue weighted by Crippen LogP contribution is -2.24. The first-order valence-corrected chi connectivity index (χ1v) is 6.32. The topological polar surface area (TPSA) is 38.7 Å². The van der Waals surface area contributed by atoms with Crippen molar-refractivity contribution in [1.29, 1.82) is 0 Å². The number of hydrogen-bond acceptors (Lipinski definition) is 3. The summed E-state index contributed by atoms with van der Waals surface area (Å²) in [4.78, 5) is 0. The van der Waals surface area contributed by atoms with E-state index >= 15 is 0 Å². The lowest BCUT2D eigenvalue weighted by Gasteiger charge is -2.16. The number of aliphatic hydroxyl groups excluding tert-OH is 1. The monoisotopic (exact) mass is 244 g/mol. The third-order valence-electron chi connectivity index (χ3n) is 3.75. The molecule has 4 atom stereocenters. The highest BCUT2D eigenvalue weighted by Crippen LogP contribution is 2.47. The van der Waals surface area contributed by atoms with Crippen LogP contribution in [0.25, 0.3) is 0 Å². The lowest BCUT2D eigenvalue weighted by atomic mass is 9.98. The van der Waals surface area contributed by atoms with Gasteiger partial charge in [-0.05, 0) is 18.1 Å². The molecular formula is C15H16O3. The molecule has 0 spiro atoms. The Morgan fingerprint density at radius 2 is 2.39 bits per heavy atom. The van der Waals surface area contributed by atoms with E-state index in [4.69, 9.17) is 15.9 Å². The predicted molar refractivity (Wildman–Crippen MR) is 67.3 cm³/mol. The van der Waals surface area contributed by atoms with Crippen LogP contribution in [0.5, 0.6) is 5.75 Å². The Morgan fingerprint density at radius 3 is 3.11 bits per heavy atom. The average molecular weight is 244 g/mol. The number of fused-ring (bicyclic) bond motifs is 3. The van der Waals surface area contributed by atoms with Gasteiger partial charge >= 0.3 is 0 Å². The fourth-order valence-corrected chi connectivity index (χ4v) is 2.85. The van der Waals surface area contributed by atoms with Gasteiger partial charge in [-0.15, -0.1) is 6.42 Å². The second kappa shape index (κ2) is 4.31. The number of rotatable bonds is 2. The fraction of sp³-hybridized carbons (Fsp3) is 0.467. The van der Waals surface area contributed by atoms with Crippen molar-refractivity contribution in [1.82, 2.24) is 0 Å². The highest BCUT2D eigenvalue weighted by atomic mass is 16.6. The van der Waals surface area contributed by atoms with Crippen molar-refractivity contribution in [3.63, 3.8) is 0 Å². The van der Waals surface area contributed by atoms with Crippen LogP contribution in [-0.2, 0) is 11.2 Å². The maximum absolute atomic E-state index is 9.67. The zero-order chi connectivity index (χ0) is 12.7. The first-order chi connectivity index (χ1) is 8.74. The van der Waals surface area contributed by atoms with Crippen LogP contribution in [0.4, 0.5) is 0 Å². The van der Waals surface area contributed by atoms with Gasteiger partial charge in [-0.1, -0.05) is 25.0 Å². The normalized spacial score (nSPS) is 30.2. The molecule has 0 unspecified atom stereocenters. The van der Waals surface area contributed by atoms with E-state index < -0.39 is 6.10 Å². The molecule has 0 aliphatic carbocycles. The molecule has 2 aliphatic heterocycles. The highest BCUT2D eigenvalue weighted by Gasteiger charge is 2.46. The van der Waals surface area contributed by atoms with Gasteiger partial charge in [0.25, 0.3) is 0 Å². The molecule has 0 radical (unpaired) electrons. The van der Waals surface area contributed by atoms with Crippen LogP contribution in [0.3, 0.4) is 0 Å². The molecule has 0 bridgehead atoms. The zero-order valence-electron chi connectivity index (χ0n) is 10.3. The van der Waals surface area contributed by atoms with Crippen LogP contribution in [-0.4, -0.2) is 23.4 Å². The first-order valence-electron chi connectivity index (χ1n) is 6.32. The standard InChI is InChI=1S/C15H16O3/c1-3-9-6-5-7-11-14(9)15-13(17-11)8-12(18-15)10(16)4-2/h2,5-7,10,12-13,15-16H,3,8H2,1H3/t10-,12+,13-,15+/m0/s1. The number of aliphatic hydroxyl groups is 1. The van der Waals surface area contributed by atoms with Crippen molar-refractivity contribution in [2.45, 2.75) is 44.2 Å². The van der Waals surface area contributed by atoms with E-state index in [1.54, 1.807) is 0 Å². The third kappa shape index (κ3) is 1.61. The molecule has 3 rings (SSSR count). The molecular weight excluding hydrogens is 228 g/mol. The van der Waals surface area contributed by atoms with Gasteiger partial charge in [-0.3, -0.25) is 0 Å². The van der Waals surface area contributed by atoms with Crippen LogP contribution in [0.2, 0.25) is 0 Å². The van der Waals surface area contributed by atoms with Gasteiger partial charge in [0.15, 0.2) is 0 Å². The number of aryl methyl sites for hydroxylation is 1. The minimum absolute atomic E-state index is 0.0132. The minimum atomic E-state index is -0.851. The Hall–Kier alpha value is -1.50. The molecule has 1 saturated heterocycles. The predicted octanol–water partition coefficient (Wildman–Crippen LogP) is 1.83. The van der Waals surface area contributed by atoms with E-state index in [2.05, 4.69) is 18.9 Å².